The molecular weight excluding hydrogens is 288 g/mol. The number of halogens is 1. The zero-order chi connectivity index (χ0) is 14.2. The van der Waals surface area contributed by atoms with E-state index >= 15 is 0 Å². The van der Waals surface area contributed by atoms with Gasteiger partial charge in [-0.1, -0.05) is 26.2 Å². The number of hydrogen-bond acceptors (Lipinski definition) is 3. The van der Waals surface area contributed by atoms with Crippen molar-refractivity contribution in [2.24, 2.45) is 5.92 Å². The Balaban J connectivity index is 0.00000220. The van der Waals surface area contributed by atoms with Gasteiger partial charge in [-0.25, -0.2) is 0 Å². The molecule has 124 valence electrons. The number of fused-ring (bicyclic) bond motifs is 1. The minimum absolute atomic E-state index is 0. The molecule has 1 amide bonds. The summed E-state index contributed by atoms with van der Waals surface area (Å²) in [6.45, 7) is 4.50. The fraction of sp³-hybridized carbons (Fsp3) is 0.938. The molecule has 0 aromatic rings. The molecule has 0 spiro atoms. The molecule has 2 N–H and O–H groups in total. The van der Waals surface area contributed by atoms with E-state index in [1.807, 2.05) is 0 Å². The van der Waals surface area contributed by atoms with E-state index in [-0.39, 0.29) is 24.4 Å². The molecule has 0 aromatic carbocycles. The molecule has 2 rings (SSSR count). The molecule has 2 fully saturated rings. The zero-order valence-corrected chi connectivity index (χ0v) is 14.1. The average Bonchev–Trinajstić information content (AvgIpc) is 2.90. The fourth-order valence-electron chi connectivity index (χ4n) is 3.38. The Hall–Kier alpha value is -0.320. The van der Waals surface area contributed by atoms with Crippen LogP contribution in [0.15, 0.2) is 0 Å². The van der Waals surface area contributed by atoms with Gasteiger partial charge in [0.15, 0.2) is 0 Å². The number of ether oxygens (including phenoxy) is 1. The molecule has 3 atom stereocenters. The van der Waals surface area contributed by atoms with E-state index in [0.29, 0.717) is 6.04 Å². The van der Waals surface area contributed by atoms with Crippen LogP contribution < -0.4 is 10.6 Å². The van der Waals surface area contributed by atoms with Gasteiger partial charge in [0.1, 0.15) is 0 Å². The Bertz CT molecular complexity index is 288. The van der Waals surface area contributed by atoms with Crippen molar-refractivity contribution in [1.29, 1.82) is 0 Å². The summed E-state index contributed by atoms with van der Waals surface area (Å²) in [6, 6.07) is 0.640. The summed E-state index contributed by atoms with van der Waals surface area (Å²) in [6.07, 6.45) is 9.45. The van der Waals surface area contributed by atoms with E-state index in [1.165, 1.54) is 32.1 Å². The highest BCUT2D eigenvalue weighted by atomic mass is 35.5. The second kappa shape index (κ2) is 10.4. The van der Waals surface area contributed by atoms with Crippen LogP contribution in [0, 0.1) is 5.92 Å². The molecular formula is C16H31ClN2O2. The summed E-state index contributed by atoms with van der Waals surface area (Å²) in [5.74, 6) is 0.921. The first-order valence-corrected chi connectivity index (χ1v) is 8.42. The van der Waals surface area contributed by atoms with Crippen molar-refractivity contribution in [1.82, 2.24) is 10.6 Å². The third kappa shape index (κ3) is 6.13. The van der Waals surface area contributed by atoms with Crippen LogP contribution in [0.3, 0.4) is 0 Å². The van der Waals surface area contributed by atoms with Crippen molar-refractivity contribution in [3.8, 4) is 0 Å². The van der Waals surface area contributed by atoms with Crippen LogP contribution >= 0.6 is 12.4 Å². The van der Waals surface area contributed by atoms with Crippen LogP contribution in [0.25, 0.3) is 0 Å². The van der Waals surface area contributed by atoms with Gasteiger partial charge < -0.3 is 15.4 Å². The minimum atomic E-state index is 0. The largest absolute Gasteiger partial charge is 0.381 e. The van der Waals surface area contributed by atoms with E-state index in [1.54, 1.807) is 0 Å². The van der Waals surface area contributed by atoms with Gasteiger partial charge in [0.05, 0.1) is 6.04 Å². The Morgan fingerprint density at radius 2 is 2.00 bits per heavy atom. The van der Waals surface area contributed by atoms with Gasteiger partial charge in [0.25, 0.3) is 0 Å². The van der Waals surface area contributed by atoms with Gasteiger partial charge in [0.2, 0.25) is 5.91 Å². The van der Waals surface area contributed by atoms with Crippen molar-refractivity contribution in [3.63, 3.8) is 0 Å². The number of rotatable bonds is 8. The number of unbranched alkanes of at least 4 members (excludes halogenated alkanes) is 1. The van der Waals surface area contributed by atoms with E-state index in [0.717, 1.165) is 44.9 Å². The Labute approximate surface area is 135 Å². The number of carbonyl (C=O) groups excluding carboxylic acids is 1. The van der Waals surface area contributed by atoms with Crippen LogP contribution in [0.2, 0.25) is 0 Å². The quantitative estimate of drug-likeness (QED) is 0.676. The van der Waals surface area contributed by atoms with Gasteiger partial charge in [-0.05, 0) is 38.0 Å². The third-order valence-electron chi connectivity index (χ3n) is 4.59. The average molecular weight is 319 g/mol. The smallest absolute Gasteiger partial charge is 0.237 e. The van der Waals surface area contributed by atoms with E-state index in [9.17, 15) is 4.79 Å². The molecule has 1 aliphatic heterocycles. The van der Waals surface area contributed by atoms with Crippen LogP contribution in [0.4, 0.5) is 0 Å². The second-order valence-electron chi connectivity index (χ2n) is 6.22. The van der Waals surface area contributed by atoms with E-state index in [2.05, 4.69) is 17.6 Å². The fourth-order valence-corrected chi connectivity index (χ4v) is 3.38. The topological polar surface area (TPSA) is 50.4 Å². The standard InChI is InChI=1S/C16H30N2O2.ClH/c1-2-3-10-20-11-6-9-17-16(19)15-12-13-7-4-5-8-14(13)18-15;/h13-15,18H,2-12H2,1H3,(H,17,19);1H. The predicted molar refractivity (Wildman–Crippen MR) is 87.9 cm³/mol. The van der Waals surface area contributed by atoms with Crippen LogP contribution in [-0.2, 0) is 9.53 Å². The summed E-state index contributed by atoms with van der Waals surface area (Å²) in [4.78, 5) is 12.1. The highest BCUT2D eigenvalue weighted by molar-refractivity contribution is 5.85. The number of nitrogens with one attached hydrogen (secondary N) is 2. The summed E-state index contributed by atoms with van der Waals surface area (Å²) in [5, 5.41) is 6.56. The maximum absolute atomic E-state index is 12.1. The Morgan fingerprint density at radius 1 is 1.24 bits per heavy atom. The lowest BCUT2D eigenvalue weighted by molar-refractivity contribution is -0.122. The molecule has 1 aliphatic carbocycles. The molecule has 1 heterocycles. The molecule has 2 aliphatic rings. The molecule has 3 unspecified atom stereocenters. The summed E-state index contributed by atoms with van der Waals surface area (Å²) >= 11 is 0. The van der Waals surface area contributed by atoms with Crippen LogP contribution in [0.5, 0.6) is 0 Å². The van der Waals surface area contributed by atoms with Crippen molar-refractivity contribution in [2.75, 3.05) is 19.8 Å². The monoisotopic (exact) mass is 318 g/mol. The van der Waals surface area contributed by atoms with Gasteiger partial charge in [-0.3, -0.25) is 4.79 Å². The second-order valence-corrected chi connectivity index (χ2v) is 6.22. The van der Waals surface area contributed by atoms with Crippen LogP contribution in [-0.4, -0.2) is 37.7 Å². The molecule has 0 bridgehead atoms. The number of amides is 1. The lowest BCUT2D eigenvalue weighted by atomic mass is 9.85. The lowest BCUT2D eigenvalue weighted by Crippen LogP contribution is -2.43. The molecule has 1 saturated carbocycles. The van der Waals surface area contributed by atoms with Crippen molar-refractivity contribution in [2.45, 2.75) is 70.4 Å². The summed E-state index contributed by atoms with van der Waals surface area (Å²) < 4.78 is 5.49. The van der Waals surface area contributed by atoms with Gasteiger partial charge in [-0.15, -0.1) is 12.4 Å². The SMILES string of the molecule is CCCCOCCCNC(=O)C1CC2CCCCC2N1.Cl. The third-order valence-corrected chi connectivity index (χ3v) is 4.59. The molecule has 1 saturated heterocycles. The van der Waals surface area contributed by atoms with E-state index in [4.69, 9.17) is 4.74 Å². The zero-order valence-electron chi connectivity index (χ0n) is 13.2. The molecule has 4 nitrogen and oxygen atoms in total. The first-order valence-electron chi connectivity index (χ1n) is 8.42. The van der Waals surface area contributed by atoms with Crippen molar-refractivity contribution in [3.05, 3.63) is 0 Å². The van der Waals surface area contributed by atoms with Crippen molar-refractivity contribution >= 4 is 18.3 Å². The Morgan fingerprint density at radius 3 is 2.76 bits per heavy atom. The summed E-state index contributed by atoms with van der Waals surface area (Å²) in [5.41, 5.74) is 0. The van der Waals surface area contributed by atoms with Gasteiger partial charge in [-0.2, -0.15) is 0 Å². The van der Waals surface area contributed by atoms with E-state index < -0.39 is 0 Å². The van der Waals surface area contributed by atoms with Gasteiger partial charge >= 0.3 is 0 Å². The first kappa shape index (κ1) is 18.7. The number of carbonyl (C=O) groups is 1. The lowest BCUT2D eigenvalue weighted by Gasteiger charge is -2.24. The molecule has 21 heavy (non-hydrogen) atoms. The molecule has 0 radical (unpaired) electrons. The van der Waals surface area contributed by atoms with Crippen molar-refractivity contribution < 1.29 is 9.53 Å². The molecule has 5 heteroatoms. The molecule has 0 aromatic heterocycles. The van der Waals surface area contributed by atoms with Gasteiger partial charge in [0, 0.05) is 25.8 Å². The Kier molecular flexibility index (Phi) is 9.29. The normalized spacial score (nSPS) is 27.8. The number of hydrogen-bond donors (Lipinski definition) is 2. The summed E-state index contributed by atoms with van der Waals surface area (Å²) in [7, 11) is 0. The highest BCUT2D eigenvalue weighted by Crippen LogP contribution is 2.33. The van der Waals surface area contributed by atoms with Crippen LogP contribution in [0.1, 0.15) is 58.3 Å². The minimum Gasteiger partial charge on any atom is -0.381 e. The first-order chi connectivity index (χ1) is 9.81. The maximum Gasteiger partial charge on any atom is 0.237 e. The highest BCUT2D eigenvalue weighted by Gasteiger charge is 2.37. The maximum atomic E-state index is 12.1. The predicted octanol–water partition coefficient (Wildman–Crippen LogP) is 2.65.